The van der Waals surface area contributed by atoms with Crippen molar-refractivity contribution in [1.82, 2.24) is 9.47 Å². The largest absolute Gasteiger partial charge is 0.396 e. The van der Waals surface area contributed by atoms with E-state index >= 15 is 0 Å². The Morgan fingerprint density at radius 3 is 2.79 bits per heavy atom. The summed E-state index contributed by atoms with van der Waals surface area (Å²) in [5, 5.41) is 21.7. The quantitative estimate of drug-likeness (QED) is 0.856. The summed E-state index contributed by atoms with van der Waals surface area (Å²) < 4.78 is 2.27. The molecule has 132 valence electrons. The Morgan fingerprint density at radius 1 is 1.25 bits per heavy atom. The number of piperidine rings is 1. The fraction of sp³-hybridized carbons (Fsp3) is 0.600. The SMILES string of the molecule is CCC[C@@]1(CO)CN(Cc2cccc3c2ccn3CC)CC[C@H]1O. The van der Waals surface area contributed by atoms with Crippen LogP contribution in [0.15, 0.2) is 30.5 Å². The fourth-order valence-corrected chi connectivity index (χ4v) is 4.30. The fourth-order valence-electron chi connectivity index (χ4n) is 4.30. The molecule has 3 rings (SSSR count). The maximum Gasteiger partial charge on any atom is 0.0642 e. The highest BCUT2D eigenvalue weighted by atomic mass is 16.3. The van der Waals surface area contributed by atoms with Gasteiger partial charge in [0.15, 0.2) is 0 Å². The van der Waals surface area contributed by atoms with E-state index in [2.05, 4.69) is 53.8 Å². The molecule has 0 amide bonds. The van der Waals surface area contributed by atoms with Gasteiger partial charge >= 0.3 is 0 Å². The monoisotopic (exact) mass is 330 g/mol. The number of aromatic nitrogens is 1. The van der Waals surface area contributed by atoms with Gasteiger partial charge in [-0.1, -0.05) is 25.5 Å². The first-order chi connectivity index (χ1) is 11.6. The number of hydrogen-bond acceptors (Lipinski definition) is 3. The molecule has 4 heteroatoms. The summed E-state index contributed by atoms with van der Waals surface area (Å²) in [6.45, 7) is 7.86. The average molecular weight is 330 g/mol. The van der Waals surface area contributed by atoms with Crippen molar-refractivity contribution in [1.29, 1.82) is 0 Å². The Bertz CT molecular complexity index is 681. The second-order valence-corrected chi connectivity index (χ2v) is 7.24. The maximum absolute atomic E-state index is 10.5. The highest BCUT2D eigenvalue weighted by Crippen LogP contribution is 2.35. The molecular weight excluding hydrogens is 300 g/mol. The van der Waals surface area contributed by atoms with Crippen molar-refractivity contribution in [3.63, 3.8) is 0 Å². The topological polar surface area (TPSA) is 48.6 Å². The molecule has 0 radical (unpaired) electrons. The van der Waals surface area contributed by atoms with Crippen molar-refractivity contribution >= 4 is 10.9 Å². The lowest BCUT2D eigenvalue weighted by Gasteiger charge is -2.45. The van der Waals surface area contributed by atoms with Crippen molar-refractivity contribution in [2.75, 3.05) is 19.7 Å². The standard InChI is InChI=1S/C20H30N2O2/c1-3-10-20(15-23)14-21(11-9-19(20)24)13-16-6-5-7-18-17(16)8-12-22(18)4-2/h5-8,12,19,23-24H,3-4,9-11,13-15H2,1-2H3/t19-,20+/m1/s1. The molecule has 2 heterocycles. The van der Waals surface area contributed by atoms with Gasteiger partial charge in [0, 0.05) is 48.7 Å². The van der Waals surface area contributed by atoms with Gasteiger partial charge in [0.25, 0.3) is 0 Å². The van der Waals surface area contributed by atoms with Crippen molar-refractivity contribution in [3.05, 3.63) is 36.0 Å². The van der Waals surface area contributed by atoms with Crippen LogP contribution in [-0.2, 0) is 13.1 Å². The first-order valence-corrected chi connectivity index (χ1v) is 9.21. The van der Waals surface area contributed by atoms with Gasteiger partial charge in [-0.25, -0.2) is 0 Å². The summed E-state index contributed by atoms with van der Waals surface area (Å²) in [5.74, 6) is 0. The third-order valence-electron chi connectivity index (χ3n) is 5.67. The van der Waals surface area contributed by atoms with Crippen LogP contribution in [0, 0.1) is 5.41 Å². The maximum atomic E-state index is 10.5. The summed E-state index contributed by atoms with van der Waals surface area (Å²) in [5.41, 5.74) is 2.25. The zero-order chi connectivity index (χ0) is 17.2. The molecule has 1 saturated heterocycles. The number of nitrogens with zero attached hydrogens (tertiary/aromatic N) is 2. The van der Waals surface area contributed by atoms with Gasteiger partial charge < -0.3 is 14.8 Å². The number of aliphatic hydroxyl groups excluding tert-OH is 2. The van der Waals surface area contributed by atoms with Crippen LogP contribution in [0.5, 0.6) is 0 Å². The predicted octanol–water partition coefficient (Wildman–Crippen LogP) is 3.01. The zero-order valence-corrected chi connectivity index (χ0v) is 14.9. The molecule has 0 bridgehead atoms. The number of hydrogen-bond donors (Lipinski definition) is 2. The van der Waals surface area contributed by atoms with E-state index in [0.29, 0.717) is 0 Å². The molecule has 2 aromatic rings. The molecule has 2 atom stereocenters. The van der Waals surface area contributed by atoms with Gasteiger partial charge in [-0.05, 0) is 37.5 Å². The van der Waals surface area contributed by atoms with Gasteiger partial charge in [-0.15, -0.1) is 0 Å². The van der Waals surface area contributed by atoms with Crippen molar-refractivity contribution in [2.24, 2.45) is 5.41 Å². The summed E-state index contributed by atoms with van der Waals surface area (Å²) in [6.07, 6.45) is 4.36. The van der Waals surface area contributed by atoms with Crippen LogP contribution < -0.4 is 0 Å². The van der Waals surface area contributed by atoms with E-state index in [1.807, 2.05) is 0 Å². The smallest absolute Gasteiger partial charge is 0.0642 e. The summed E-state index contributed by atoms with van der Waals surface area (Å²) in [4.78, 5) is 2.40. The number of aliphatic hydroxyl groups is 2. The minimum atomic E-state index is -0.393. The van der Waals surface area contributed by atoms with Crippen molar-refractivity contribution in [2.45, 2.75) is 52.3 Å². The lowest BCUT2D eigenvalue weighted by atomic mass is 9.74. The number of benzene rings is 1. The number of aryl methyl sites for hydroxylation is 1. The summed E-state index contributed by atoms with van der Waals surface area (Å²) >= 11 is 0. The van der Waals surface area contributed by atoms with Crippen LogP contribution in [0.25, 0.3) is 10.9 Å². The van der Waals surface area contributed by atoms with E-state index in [-0.39, 0.29) is 12.0 Å². The molecule has 4 nitrogen and oxygen atoms in total. The second kappa shape index (κ2) is 7.26. The van der Waals surface area contributed by atoms with E-state index in [1.165, 1.54) is 16.5 Å². The van der Waals surface area contributed by atoms with Crippen LogP contribution in [0.1, 0.15) is 38.7 Å². The Balaban J connectivity index is 1.82. The van der Waals surface area contributed by atoms with Crippen molar-refractivity contribution in [3.8, 4) is 0 Å². The lowest BCUT2D eigenvalue weighted by molar-refractivity contribution is -0.0818. The number of likely N-dealkylation sites (tertiary alicyclic amines) is 1. The third-order valence-corrected chi connectivity index (χ3v) is 5.67. The summed E-state index contributed by atoms with van der Waals surface area (Å²) in [6, 6.07) is 8.72. The molecule has 1 aromatic carbocycles. The second-order valence-electron chi connectivity index (χ2n) is 7.24. The minimum Gasteiger partial charge on any atom is -0.396 e. The van der Waals surface area contributed by atoms with Gasteiger partial charge in [0.05, 0.1) is 12.7 Å². The van der Waals surface area contributed by atoms with Gasteiger partial charge in [-0.3, -0.25) is 4.90 Å². The van der Waals surface area contributed by atoms with E-state index in [9.17, 15) is 10.2 Å². The van der Waals surface area contributed by atoms with E-state index in [0.717, 1.165) is 45.4 Å². The normalized spacial score (nSPS) is 25.4. The van der Waals surface area contributed by atoms with E-state index in [4.69, 9.17) is 0 Å². The number of rotatable bonds is 6. The van der Waals surface area contributed by atoms with Crippen LogP contribution in [0.3, 0.4) is 0 Å². The van der Waals surface area contributed by atoms with Crippen molar-refractivity contribution < 1.29 is 10.2 Å². The molecule has 24 heavy (non-hydrogen) atoms. The van der Waals surface area contributed by atoms with Crippen LogP contribution in [-0.4, -0.2) is 45.5 Å². The first kappa shape index (κ1) is 17.5. The van der Waals surface area contributed by atoms with Crippen LogP contribution in [0.4, 0.5) is 0 Å². The lowest BCUT2D eigenvalue weighted by Crippen LogP contribution is -2.53. The Kier molecular flexibility index (Phi) is 5.28. The highest BCUT2D eigenvalue weighted by molar-refractivity contribution is 5.83. The molecule has 0 aliphatic carbocycles. The molecule has 1 aromatic heterocycles. The highest BCUT2D eigenvalue weighted by Gasteiger charge is 2.41. The van der Waals surface area contributed by atoms with Crippen LogP contribution >= 0.6 is 0 Å². The zero-order valence-electron chi connectivity index (χ0n) is 14.9. The molecule has 0 saturated carbocycles. The minimum absolute atomic E-state index is 0.0644. The first-order valence-electron chi connectivity index (χ1n) is 9.21. The Hall–Kier alpha value is -1.36. The molecular formula is C20H30N2O2. The molecule has 2 N–H and O–H groups in total. The van der Waals surface area contributed by atoms with Gasteiger partial charge in [-0.2, -0.15) is 0 Å². The van der Waals surface area contributed by atoms with E-state index < -0.39 is 6.10 Å². The molecule has 0 unspecified atom stereocenters. The van der Waals surface area contributed by atoms with Gasteiger partial charge in [0.1, 0.15) is 0 Å². The van der Waals surface area contributed by atoms with Crippen LogP contribution in [0.2, 0.25) is 0 Å². The average Bonchev–Trinajstić information content (AvgIpc) is 3.02. The molecule has 1 fully saturated rings. The third kappa shape index (κ3) is 3.10. The predicted molar refractivity (Wildman–Crippen MR) is 97.9 cm³/mol. The number of fused-ring (bicyclic) bond motifs is 1. The van der Waals surface area contributed by atoms with Gasteiger partial charge in [0.2, 0.25) is 0 Å². The Labute approximate surface area is 144 Å². The molecule has 0 spiro atoms. The molecule has 1 aliphatic heterocycles. The molecule has 1 aliphatic rings. The van der Waals surface area contributed by atoms with E-state index in [1.54, 1.807) is 0 Å². The Morgan fingerprint density at radius 2 is 2.08 bits per heavy atom. The summed E-state index contributed by atoms with van der Waals surface area (Å²) in [7, 11) is 0.